The van der Waals surface area contributed by atoms with Crippen molar-refractivity contribution in [2.24, 2.45) is 0 Å². The van der Waals surface area contributed by atoms with Crippen molar-refractivity contribution >= 4 is 5.91 Å². The molecule has 3 rings (SSSR count). The number of hydrogen-bond donors (Lipinski definition) is 0. The maximum atomic E-state index is 13.1. The van der Waals surface area contributed by atoms with Crippen LogP contribution in [0.1, 0.15) is 40.9 Å². The third-order valence-electron chi connectivity index (χ3n) is 5.41. The monoisotopic (exact) mass is 374 g/mol. The van der Waals surface area contributed by atoms with Crippen molar-refractivity contribution < 1.29 is 13.9 Å². The first-order valence-corrected chi connectivity index (χ1v) is 9.60. The Bertz CT molecular complexity index is 754. The standard InChI is InChI=1S/C20H30N4O3/c1-5-24-18-9-8-15(22(2)10-12-26-4)13-17(18)19(21-24)20(25)23(3)14-16-7-6-11-27-16/h6-7,11,15H,5,8-10,12-14H2,1-4H3/t15-/m1/s1. The van der Waals surface area contributed by atoms with Crippen molar-refractivity contribution in [3.63, 3.8) is 0 Å². The van der Waals surface area contributed by atoms with Gasteiger partial charge in [0.15, 0.2) is 5.69 Å². The smallest absolute Gasteiger partial charge is 0.274 e. The number of amides is 1. The quantitative estimate of drug-likeness (QED) is 0.709. The molecule has 0 radical (unpaired) electrons. The normalized spacial score (nSPS) is 16.6. The average molecular weight is 374 g/mol. The van der Waals surface area contributed by atoms with Crippen molar-refractivity contribution in [3.8, 4) is 0 Å². The topological polar surface area (TPSA) is 63.7 Å². The molecule has 2 aromatic rings. The van der Waals surface area contributed by atoms with Crippen LogP contribution in [0.5, 0.6) is 0 Å². The number of methoxy groups -OCH3 is 1. The first kappa shape index (κ1) is 19.6. The highest BCUT2D eigenvalue weighted by molar-refractivity contribution is 5.94. The van der Waals surface area contributed by atoms with E-state index < -0.39 is 0 Å². The molecule has 0 unspecified atom stereocenters. The Morgan fingerprint density at radius 3 is 2.93 bits per heavy atom. The van der Waals surface area contributed by atoms with Crippen LogP contribution in [-0.2, 0) is 30.7 Å². The summed E-state index contributed by atoms with van der Waals surface area (Å²) in [6.45, 7) is 4.90. The van der Waals surface area contributed by atoms with Crippen molar-refractivity contribution in [2.45, 2.75) is 45.3 Å². The SMILES string of the molecule is CCn1nc(C(=O)N(C)Cc2ccco2)c2c1CC[C@@H](N(C)CCOC)C2. The number of likely N-dealkylation sites (N-methyl/N-ethyl adjacent to an activating group) is 1. The fourth-order valence-corrected chi connectivity index (χ4v) is 3.79. The van der Waals surface area contributed by atoms with Gasteiger partial charge in [-0.25, -0.2) is 0 Å². The van der Waals surface area contributed by atoms with Gasteiger partial charge in [0.2, 0.25) is 0 Å². The molecule has 0 aliphatic heterocycles. The second-order valence-corrected chi connectivity index (χ2v) is 7.20. The van der Waals surface area contributed by atoms with Crippen LogP contribution in [-0.4, -0.2) is 65.9 Å². The number of aromatic nitrogens is 2. The molecule has 2 aromatic heterocycles. The van der Waals surface area contributed by atoms with Gasteiger partial charge in [-0.2, -0.15) is 5.10 Å². The van der Waals surface area contributed by atoms with Crippen LogP contribution in [0.2, 0.25) is 0 Å². The average Bonchev–Trinajstić information content (AvgIpc) is 3.32. The fraction of sp³-hybridized carbons (Fsp3) is 0.600. The molecule has 0 fully saturated rings. The van der Waals surface area contributed by atoms with E-state index in [4.69, 9.17) is 9.15 Å². The number of hydrogen-bond acceptors (Lipinski definition) is 5. The minimum absolute atomic E-state index is 0.0463. The lowest BCUT2D eigenvalue weighted by Crippen LogP contribution is -2.39. The van der Waals surface area contributed by atoms with E-state index in [-0.39, 0.29) is 5.91 Å². The van der Waals surface area contributed by atoms with Crippen molar-refractivity contribution in [1.82, 2.24) is 19.6 Å². The number of ether oxygens (including phenoxy) is 1. The van der Waals surface area contributed by atoms with Gasteiger partial charge < -0.3 is 19.0 Å². The van der Waals surface area contributed by atoms with E-state index in [2.05, 4.69) is 24.0 Å². The summed E-state index contributed by atoms with van der Waals surface area (Å²) in [6, 6.07) is 4.12. The molecule has 27 heavy (non-hydrogen) atoms. The van der Waals surface area contributed by atoms with Gasteiger partial charge in [0, 0.05) is 44.5 Å². The largest absolute Gasteiger partial charge is 0.467 e. The molecule has 0 bridgehead atoms. The molecule has 148 valence electrons. The zero-order valence-electron chi connectivity index (χ0n) is 16.8. The van der Waals surface area contributed by atoms with Gasteiger partial charge in [-0.15, -0.1) is 0 Å². The summed E-state index contributed by atoms with van der Waals surface area (Å²) in [6.07, 6.45) is 4.51. The van der Waals surface area contributed by atoms with Gasteiger partial charge in [-0.1, -0.05) is 0 Å². The van der Waals surface area contributed by atoms with Gasteiger partial charge in [-0.05, 0) is 45.4 Å². The molecule has 0 saturated heterocycles. The van der Waals surface area contributed by atoms with Crippen molar-refractivity contribution in [1.29, 1.82) is 0 Å². The Hall–Kier alpha value is -2.12. The number of furan rings is 1. The van der Waals surface area contributed by atoms with Crippen LogP contribution < -0.4 is 0 Å². The molecule has 2 heterocycles. The number of nitrogens with zero attached hydrogens (tertiary/aromatic N) is 4. The maximum Gasteiger partial charge on any atom is 0.274 e. The zero-order chi connectivity index (χ0) is 19.4. The number of carbonyl (C=O) groups excluding carboxylic acids is 1. The van der Waals surface area contributed by atoms with E-state index in [0.29, 0.717) is 24.9 Å². The van der Waals surface area contributed by atoms with Crippen LogP contribution in [0.25, 0.3) is 0 Å². The maximum absolute atomic E-state index is 13.1. The summed E-state index contributed by atoms with van der Waals surface area (Å²) in [7, 11) is 5.65. The molecular formula is C20H30N4O3. The van der Waals surface area contributed by atoms with Gasteiger partial charge in [0.25, 0.3) is 5.91 Å². The Morgan fingerprint density at radius 2 is 2.26 bits per heavy atom. The van der Waals surface area contributed by atoms with Gasteiger partial charge >= 0.3 is 0 Å². The predicted octanol–water partition coefficient (Wildman–Crippen LogP) is 2.20. The van der Waals surface area contributed by atoms with Crippen LogP contribution in [0.3, 0.4) is 0 Å². The van der Waals surface area contributed by atoms with Crippen molar-refractivity contribution in [3.05, 3.63) is 41.1 Å². The predicted molar refractivity (Wildman–Crippen MR) is 103 cm³/mol. The van der Waals surface area contributed by atoms with Gasteiger partial charge in [0.1, 0.15) is 5.76 Å². The second-order valence-electron chi connectivity index (χ2n) is 7.20. The number of aryl methyl sites for hydroxylation is 1. The van der Waals surface area contributed by atoms with Crippen LogP contribution in [0, 0.1) is 0 Å². The molecular weight excluding hydrogens is 344 g/mol. The minimum Gasteiger partial charge on any atom is -0.467 e. The van der Waals surface area contributed by atoms with E-state index in [1.54, 1.807) is 25.3 Å². The third-order valence-corrected chi connectivity index (χ3v) is 5.41. The summed E-state index contributed by atoms with van der Waals surface area (Å²) in [5, 5.41) is 4.67. The summed E-state index contributed by atoms with van der Waals surface area (Å²) >= 11 is 0. The molecule has 1 aliphatic rings. The molecule has 1 aliphatic carbocycles. The van der Waals surface area contributed by atoms with Gasteiger partial charge in [-0.3, -0.25) is 9.48 Å². The second kappa shape index (κ2) is 8.71. The highest BCUT2D eigenvalue weighted by Gasteiger charge is 2.31. The molecule has 1 atom stereocenters. The van der Waals surface area contributed by atoms with Crippen LogP contribution in [0.15, 0.2) is 22.8 Å². The van der Waals surface area contributed by atoms with E-state index in [1.807, 2.05) is 16.8 Å². The number of fused-ring (bicyclic) bond motifs is 1. The van der Waals surface area contributed by atoms with Crippen LogP contribution in [0.4, 0.5) is 0 Å². The Balaban J connectivity index is 1.80. The first-order valence-electron chi connectivity index (χ1n) is 9.60. The molecule has 0 spiro atoms. The lowest BCUT2D eigenvalue weighted by molar-refractivity contribution is 0.0766. The molecule has 7 nitrogen and oxygen atoms in total. The van der Waals surface area contributed by atoms with E-state index in [9.17, 15) is 4.79 Å². The zero-order valence-corrected chi connectivity index (χ0v) is 16.8. The fourth-order valence-electron chi connectivity index (χ4n) is 3.79. The highest BCUT2D eigenvalue weighted by Crippen LogP contribution is 2.28. The van der Waals surface area contributed by atoms with E-state index in [1.165, 1.54) is 5.69 Å². The first-order chi connectivity index (χ1) is 13.0. The van der Waals surface area contributed by atoms with Gasteiger partial charge in [0.05, 0.1) is 19.4 Å². The molecule has 7 heteroatoms. The van der Waals surface area contributed by atoms with E-state index >= 15 is 0 Å². The molecule has 0 saturated carbocycles. The van der Waals surface area contributed by atoms with E-state index in [0.717, 1.165) is 43.7 Å². The summed E-state index contributed by atoms with van der Waals surface area (Å²) in [5.74, 6) is 0.724. The Kier molecular flexibility index (Phi) is 6.34. The van der Waals surface area contributed by atoms with Crippen LogP contribution >= 0.6 is 0 Å². The summed E-state index contributed by atoms with van der Waals surface area (Å²) < 4.78 is 12.6. The summed E-state index contributed by atoms with van der Waals surface area (Å²) in [5.41, 5.74) is 2.91. The third kappa shape index (κ3) is 4.25. The Morgan fingerprint density at radius 1 is 1.44 bits per heavy atom. The summed E-state index contributed by atoms with van der Waals surface area (Å²) in [4.78, 5) is 17.1. The lowest BCUT2D eigenvalue weighted by Gasteiger charge is -2.31. The number of rotatable bonds is 8. The highest BCUT2D eigenvalue weighted by atomic mass is 16.5. The molecule has 1 amide bonds. The molecule has 0 aromatic carbocycles. The van der Waals surface area contributed by atoms with Crippen molar-refractivity contribution in [2.75, 3.05) is 34.4 Å². The lowest BCUT2D eigenvalue weighted by atomic mass is 9.90. The minimum atomic E-state index is -0.0463. The number of carbonyl (C=O) groups is 1. The Labute approximate surface area is 160 Å². The molecule has 0 N–H and O–H groups in total.